The molecule has 0 aromatic heterocycles. The van der Waals surface area contributed by atoms with Crippen molar-refractivity contribution in [3.63, 3.8) is 0 Å². The van der Waals surface area contributed by atoms with Crippen LogP contribution in [0.15, 0.2) is 0 Å². The molecule has 88 valence electrons. The number of carbonyl (C=O) groups excluding carboxylic acids is 2. The molecule has 0 spiro atoms. The summed E-state index contributed by atoms with van der Waals surface area (Å²) >= 11 is 0. The zero-order chi connectivity index (χ0) is 11.8. The molecule has 0 radical (unpaired) electrons. The molecule has 3 amide bonds. The first-order valence-electron chi connectivity index (χ1n) is 5.33. The third kappa shape index (κ3) is 5.93. The second kappa shape index (κ2) is 7.09. The van der Waals surface area contributed by atoms with Gasteiger partial charge >= 0.3 is 6.03 Å². The fraction of sp³-hybridized carbons (Fsp3) is 0.800. The minimum atomic E-state index is -0.300. The molecular weight excluding hydrogens is 194 g/mol. The average Bonchev–Trinajstić information content (AvgIpc) is 2.15. The fourth-order valence-electron chi connectivity index (χ4n) is 1.16. The summed E-state index contributed by atoms with van der Waals surface area (Å²) in [7, 11) is 0. The molecule has 0 saturated heterocycles. The van der Waals surface area contributed by atoms with Gasteiger partial charge in [0.2, 0.25) is 5.91 Å². The lowest BCUT2D eigenvalue weighted by molar-refractivity contribution is -0.129. The van der Waals surface area contributed by atoms with Gasteiger partial charge in [0.1, 0.15) is 0 Å². The zero-order valence-corrected chi connectivity index (χ0v) is 9.96. The highest BCUT2D eigenvalue weighted by atomic mass is 16.2. The minimum absolute atomic E-state index is 0.0558. The summed E-state index contributed by atoms with van der Waals surface area (Å²) in [5.41, 5.74) is 0. The van der Waals surface area contributed by atoms with Crippen LogP contribution in [0.5, 0.6) is 0 Å². The van der Waals surface area contributed by atoms with E-state index in [0.717, 1.165) is 0 Å². The molecule has 0 aliphatic heterocycles. The summed E-state index contributed by atoms with van der Waals surface area (Å²) < 4.78 is 0. The Hall–Kier alpha value is -1.26. The third-order valence-electron chi connectivity index (χ3n) is 1.94. The first-order valence-corrected chi connectivity index (χ1v) is 5.33. The predicted molar refractivity (Wildman–Crippen MR) is 59.6 cm³/mol. The smallest absolute Gasteiger partial charge is 0.315 e. The van der Waals surface area contributed by atoms with Crippen LogP contribution < -0.4 is 10.6 Å². The maximum absolute atomic E-state index is 11.5. The molecular formula is C10H21N3O2. The second-order valence-electron chi connectivity index (χ2n) is 3.55. The van der Waals surface area contributed by atoms with E-state index in [2.05, 4.69) is 10.6 Å². The van der Waals surface area contributed by atoms with Crippen molar-refractivity contribution < 1.29 is 9.59 Å². The van der Waals surface area contributed by atoms with Crippen molar-refractivity contribution in [1.29, 1.82) is 0 Å². The van der Waals surface area contributed by atoms with Crippen LogP contribution in [0.4, 0.5) is 4.79 Å². The summed E-state index contributed by atoms with van der Waals surface area (Å²) in [6.07, 6.45) is 0. The number of urea groups is 1. The molecule has 15 heavy (non-hydrogen) atoms. The van der Waals surface area contributed by atoms with E-state index in [9.17, 15) is 9.59 Å². The van der Waals surface area contributed by atoms with Crippen LogP contribution >= 0.6 is 0 Å². The summed E-state index contributed by atoms with van der Waals surface area (Å²) in [6, 6.07) is -0.223. The molecule has 0 aliphatic carbocycles. The van der Waals surface area contributed by atoms with Crippen molar-refractivity contribution >= 4 is 11.9 Å². The molecule has 0 saturated carbocycles. The molecule has 0 bridgehead atoms. The average molecular weight is 215 g/mol. The Morgan fingerprint density at radius 3 is 2.13 bits per heavy atom. The Morgan fingerprint density at radius 2 is 1.73 bits per heavy atom. The van der Waals surface area contributed by atoms with Gasteiger partial charge in [-0.15, -0.1) is 0 Å². The van der Waals surface area contributed by atoms with Gasteiger partial charge < -0.3 is 15.5 Å². The van der Waals surface area contributed by atoms with Gasteiger partial charge in [-0.3, -0.25) is 4.79 Å². The number of hydrogen-bond donors (Lipinski definition) is 2. The van der Waals surface area contributed by atoms with E-state index in [1.165, 1.54) is 0 Å². The Morgan fingerprint density at radius 1 is 1.20 bits per heavy atom. The SMILES string of the molecule is CCN(CC)C(=O)CNC(=O)NC(C)C. The summed E-state index contributed by atoms with van der Waals surface area (Å²) in [4.78, 5) is 24.3. The van der Waals surface area contributed by atoms with Gasteiger partial charge in [-0.05, 0) is 27.7 Å². The number of hydrogen-bond acceptors (Lipinski definition) is 2. The van der Waals surface area contributed by atoms with Crippen molar-refractivity contribution in [2.24, 2.45) is 0 Å². The van der Waals surface area contributed by atoms with Crippen molar-refractivity contribution in [3.8, 4) is 0 Å². The molecule has 0 aromatic carbocycles. The number of rotatable bonds is 5. The van der Waals surface area contributed by atoms with Gasteiger partial charge in [0.05, 0.1) is 6.54 Å². The van der Waals surface area contributed by atoms with Crippen LogP contribution in [-0.4, -0.2) is 42.5 Å². The number of amides is 3. The fourth-order valence-corrected chi connectivity index (χ4v) is 1.16. The minimum Gasteiger partial charge on any atom is -0.342 e. The van der Waals surface area contributed by atoms with Gasteiger partial charge in [-0.1, -0.05) is 0 Å². The molecule has 0 aromatic rings. The Kier molecular flexibility index (Phi) is 6.49. The molecule has 0 rings (SSSR count). The van der Waals surface area contributed by atoms with Gasteiger partial charge in [0, 0.05) is 19.1 Å². The molecule has 5 nitrogen and oxygen atoms in total. The van der Waals surface area contributed by atoms with E-state index in [1.54, 1.807) is 4.90 Å². The van der Waals surface area contributed by atoms with Crippen molar-refractivity contribution in [2.45, 2.75) is 33.7 Å². The first-order chi connectivity index (χ1) is 7.01. The number of carbonyl (C=O) groups is 2. The van der Waals surface area contributed by atoms with E-state index in [0.29, 0.717) is 13.1 Å². The maximum atomic E-state index is 11.5. The van der Waals surface area contributed by atoms with Crippen LogP contribution in [0.25, 0.3) is 0 Å². The van der Waals surface area contributed by atoms with Crippen molar-refractivity contribution in [3.05, 3.63) is 0 Å². The molecule has 0 heterocycles. The summed E-state index contributed by atoms with van der Waals surface area (Å²) in [6.45, 7) is 8.95. The number of likely N-dealkylation sites (N-methyl/N-ethyl adjacent to an activating group) is 1. The van der Waals surface area contributed by atoms with Crippen LogP contribution in [0, 0.1) is 0 Å². The molecule has 5 heteroatoms. The monoisotopic (exact) mass is 215 g/mol. The zero-order valence-electron chi connectivity index (χ0n) is 9.96. The van der Waals surface area contributed by atoms with Crippen LogP contribution in [-0.2, 0) is 4.79 Å². The Labute approximate surface area is 91.2 Å². The van der Waals surface area contributed by atoms with Crippen LogP contribution in [0.1, 0.15) is 27.7 Å². The van der Waals surface area contributed by atoms with E-state index in [4.69, 9.17) is 0 Å². The summed E-state index contributed by atoms with van der Waals surface area (Å²) in [5.74, 6) is -0.0566. The lowest BCUT2D eigenvalue weighted by Gasteiger charge is -2.19. The van der Waals surface area contributed by atoms with E-state index in [1.807, 2.05) is 27.7 Å². The number of nitrogens with zero attached hydrogens (tertiary/aromatic N) is 1. The quantitative estimate of drug-likeness (QED) is 0.704. The largest absolute Gasteiger partial charge is 0.342 e. The molecule has 2 N–H and O–H groups in total. The second-order valence-corrected chi connectivity index (χ2v) is 3.55. The van der Waals surface area contributed by atoms with Gasteiger partial charge in [0.15, 0.2) is 0 Å². The van der Waals surface area contributed by atoms with Crippen LogP contribution in [0.2, 0.25) is 0 Å². The molecule has 0 aliphatic rings. The van der Waals surface area contributed by atoms with Gasteiger partial charge in [-0.25, -0.2) is 4.79 Å². The topological polar surface area (TPSA) is 61.4 Å². The third-order valence-corrected chi connectivity index (χ3v) is 1.94. The normalized spacial score (nSPS) is 9.93. The van der Waals surface area contributed by atoms with E-state index >= 15 is 0 Å². The van der Waals surface area contributed by atoms with E-state index < -0.39 is 0 Å². The lowest BCUT2D eigenvalue weighted by atomic mass is 10.4. The standard InChI is InChI=1S/C10H21N3O2/c1-5-13(6-2)9(14)7-11-10(15)12-8(3)4/h8H,5-7H2,1-4H3,(H2,11,12,15). The Balaban J connectivity index is 3.84. The highest BCUT2D eigenvalue weighted by Crippen LogP contribution is 1.87. The van der Waals surface area contributed by atoms with Crippen molar-refractivity contribution in [2.75, 3.05) is 19.6 Å². The van der Waals surface area contributed by atoms with Gasteiger partial charge in [0.25, 0.3) is 0 Å². The maximum Gasteiger partial charge on any atom is 0.315 e. The highest BCUT2D eigenvalue weighted by molar-refractivity contribution is 5.84. The van der Waals surface area contributed by atoms with E-state index in [-0.39, 0.29) is 24.5 Å². The number of nitrogens with one attached hydrogen (secondary N) is 2. The lowest BCUT2D eigenvalue weighted by Crippen LogP contribution is -2.45. The van der Waals surface area contributed by atoms with Crippen LogP contribution in [0.3, 0.4) is 0 Å². The highest BCUT2D eigenvalue weighted by Gasteiger charge is 2.10. The van der Waals surface area contributed by atoms with Crippen molar-refractivity contribution in [1.82, 2.24) is 15.5 Å². The summed E-state index contributed by atoms with van der Waals surface area (Å²) in [5, 5.41) is 5.17. The first kappa shape index (κ1) is 13.7. The molecule has 0 unspecified atom stereocenters. The molecule has 0 atom stereocenters. The van der Waals surface area contributed by atoms with Gasteiger partial charge in [-0.2, -0.15) is 0 Å². The predicted octanol–water partition coefficient (Wildman–Crippen LogP) is 0.562. The molecule has 0 fully saturated rings. The Bertz CT molecular complexity index is 213.